The third-order valence-corrected chi connectivity index (χ3v) is 2.69. The summed E-state index contributed by atoms with van der Waals surface area (Å²) in [7, 11) is 0. The molecule has 0 saturated heterocycles. The van der Waals surface area contributed by atoms with E-state index in [2.05, 4.69) is 11.8 Å². The van der Waals surface area contributed by atoms with Gasteiger partial charge in [-0.05, 0) is 13.5 Å². The lowest BCUT2D eigenvalue weighted by Gasteiger charge is -2.22. The van der Waals surface area contributed by atoms with Crippen LogP contribution in [0.3, 0.4) is 0 Å². The van der Waals surface area contributed by atoms with Gasteiger partial charge in [0.1, 0.15) is 5.78 Å². The fourth-order valence-electron chi connectivity index (χ4n) is 1.40. The zero-order valence-corrected chi connectivity index (χ0v) is 11.5. The zero-order chi connectivity index (χ0) is 12.6. The largest absolute Gasteiger partial charge is 0.380 e. The number of nitrogens with zero attached hydrogens (tertiary/aromatic N) is 1. The number of hydrogen-bond donors (Lipinski definition) is 0. The minimum Gasteiger partial charge on any atom is -0.380 e. The summed E-state index contributed by atoms with van der Waals surface area (Å²) in [4.78, 5) is 14.0. The maximum absolute atomic E-state index is 11.8. The number of carbonyl (C=O) groups is 1. The molecule has 0 aromatic rings. The molecule has 0 aliphatic carbocycles. The van der Waals surface area contributed by atoms with E-state index in [1.165, 1.54) is 0 Å². The highest BCUT2D eigenvalue weighted by Gasteiger charge is 2.21. The van der Waals surface area contributed by atoms with Crippen LogP contribution in [0.15, 0.2) is 0 Å². The highest BCUT2D eigenvalue weighted by atomic mass is 16.5. The number of ether oxygens (including phenoxy) is 1. The van der Waals surface area contributed by atoms with Crippen LogP contribution in [0.2, 0.25) is 0 Å². The van der Waals surface area contributed by atoms with Crippen molar-refractivity contribution in [1.29, 1.82) is 0 Å². The van der Waals surface area contributed by atoms with Crippen LogP contribution in [0.4, 0.5) is 0 Å². The minimum absolute atomic E-state index is 0.209. The molecule has 16 heavy (non-hydrogen) atoms. The predicted octanol–water partition coefficient (Wildman–Crippen LogP) is 2.35. The van der Waals surface area contributed by atoms with Gasteiger partial charge in [-0.2, -0.15) is 0 Å². The van der Waals surface area contributed by atoms with Crippen LogP contribution in [0.1, 0.15) is 41.0 Å². The van der Waals surface area contributed by atoms with E-state index in [-0.39, 0.29) is 5.41 Å². The normalized spacial score (nSPS) is 12.1. The van der Waals surface area contributed by atoms with E-state index < -0.39 is 0 Å². The topological polar surface area (TPSA) is 29.5 Å². The van der Waals surface area contributed by atoms with Crippen LogP contribution in [0.25, 0.3) is 0 Å². The van der Waals surface area contributed by atoms with Crippen LogP contribution in [0.5, 0.6) is 0 Å². The van der Waals surface area contributed by atoms with Crippen LogP contribution < -0.4 is 0 Å². The lowest BCUT2D eigenvalue weighted by molar-refractivity contribution is -0.126. The third kappa shape index (κ3) is 6.96. The molecule has 0 fully saturated rings. The molecule has 0 bridgehead atoms. The minimum atomic E-state index is -0.209. The Balaban J connectivity index is 3.82. The number of likely N-dealkylation sites (N-methyl/N-ethyl adjacent to an activating group) is 1. The molecule has 0 radical (unpaired) electrons. The quantitative estimate of drug-likeness (QED) is 0.598. The van der Waals surface area contributed by atoms with Crippen LogP contribution in [-0.4, -0.2) is 43.5 Å². The Morgan fingerprint density at radius 1 is 1.19 bits per heavy atom. The Labute approximate surface area is 100 Å². The van der Waals surface area contributed by atoms with Gasteiger partial charge >= 0.3 is 0 Å². The van der Waals surface area contributed by atoms with Crippen molar-refractivity contribution in [2.45, 2.75) is 41.0 Å². The third-order valence-electron chi connectivity index (χ3n) is 2.69. The second kappa shape index (κ2) is 7.80. The monoisotopic (exact) mass is 229 g/mol. The van der Waals surface area contributed by atoms with E-state index >= 15 is 0 Å². The SMILES string of the molecule is CCOCCN(CC)CCC(=O)C(C)(C)C. The Kier molecular flexibility index (Phi) is 7.60. The van der Waals surface area contributed by atoms with Crippen molar-refractivity contribution in [2.24, 2.45) is 5.41 Å². The van der Waals surface area contributed by atoms with Gasteiger partial charge in [-0.1, -0.05) is 27.7 Å². The summed E-state index contributed by atoms with van der Waals surface area (Å²) in [6.45, 7) is 14.3. The standard InChI is InChI=1S/C13H27NO2/c1-6-14(10-11-16-7-2)9-8-12(15)13(3,4)5/h6-11H2,1-5H3. The highest BCUT2D eigenvalue weighted by molar-refractivity contribution is 5.83. The van der Waals surface area contributed by atoms with Crippen LogP contribution >= 0.6 is 0 Å². The van der Waals surface area contributed by atoms with Crippen LogP contribution in [-0.2, 0) is 9.53 Å². The molecule has 0 aliphatic heterocycles. The fraction of sp³-hybridized carbons (Fsp3) is 0.923. The second-order valence-corrected chi connectivity index (χ2v) is 5.05. The van der Waals surface area contributed by atoms with E-state index in [1.54, 1.807) is 0 Å². The van der Waals surface area contributed by atoms with E-state index in [0.29, 0.717) is 12.2 Å². The van der Waals surface area contributed by atoms with E-state index in [9.17, 15) is 4.79 Å². The molecule has 0 aromatic heterocycles. The number of Topliss-reactive ketones (excluding diaryl/α,β-unsaturated/α-hetero) is 1. The second-order valence-electron chi connectivity index (χ2n) is 5.05. The number of carbonyl (C=O) groups excluding carboxylic acids is 1. The molecule has 0 aliphatic rings. The first-order valence-electron chi connectivity index (χ1n) is 6.25. The Bertz CT molecular complexity index is 197. The lowest BCUT2D eigenvalue weighted by Crippen LogP contribution is -2.32. The molecule has 3 heteroatoms. The summed E-state index contributed by atoms with van der Waals surface area (Å²) in [6.07, 6.45) is 0.642. The molecule has 0 atom stereocenters. The average molecular weight is 229 g/mol. The molecule has 0 N–H and O–H groups in total. The predicted molar refractivity (Wildman–Crippen MR) is 67.7 cm³/mol. The van der Waals surface area contributed by atoms with Gasteiger partial charge < -0.3 is 9.64 Å². The Morgan fingerprint density at radius 3 is 2.25 bits per heavy atom. The van der Waals surface area contributed by atoms with Gasteiger partial charge in [-0.25, -0.2) is 0 Å². The van der Waals surface area contributed by atoms with Crippen molar-refractivity contribution in [3.05, 3.63) is 0 Å². The summed E-state index contributed by atoms with van der Waals surface area (Å²) in [6, 6.07) is 0. The van der Waals surface area contributed by atoms with Crippen molar-refractivity contribution in [3.8, 4) is 0 Å². The van der Waals surface area contributed by atoms with Crippen LogP contribution in [0, 0.1) is 5.41 Å². The highest BCUT2D eigenvalue weighted by Crippen LogP contribution is 2.16. The maximum Gasteiger partial charge on any atom is 0.139 e. The molecule has 0 unspecified atom stereocenters. The summed E-state index contributed by atoms with van der Waals surface area (Å²) < 4.78 is 5.31. The smallest absolute Gasteiger partial charge is 0.139 e. The molecule has 0 amide bonds. The van der Waals surface area contributed by atoms with E-state index in [0.717, 1.165) is 32.8 Å². The van der Waals surface area contributed by atoms with Gasteiger partial charge in [0.05, 0.1) is 6.61 Å². The van der Waals surface area contributed by atoms with Crippen molar-refractivity contribution >= 4 is 5.78 Å². The first-order chi connectivity index (χ1) is 7.41. The Hall–Kier alpha value is -0.410. The number of rotatable bonds is 8. The molecule has 0 rings (SSSR count). The summed E-state index contributed by atoms with van der Waals surface area (Å²) >= 11 is 0. The van der Waals surface area contributed by atoms with Crippen molar-refractivity contribution < 1.29 is 9.53 Å². The first kappa shape index (κ1) is 15.6. The van der Waals surface area contributed by atoms with E-state index in [1.807, 2.05) is 27.7 Å². The summed E-state index contributed by atoms with van der Waals surface area (Å²) in [5.41, 5.74) is -0.209. The molecule has 0 heterocycles. The number of hydrogen-bond acceptors (Lipinski definition) is 3. The molecule has 96 valence electrons. The van der Waals surface area contributed by atoms with Gasteiger partial charge in [0.15, 0.2) is 0 Å². The molecular formula is C13H27NO2. The van der Waals surface area contributed by atoms with E-state index in [4.69, 9.17) is 4.74 Å². The van der Waals surface area contributed by atoms with Gasteiger partial charge in [-0.3, -0.25) is 4.79 Å². The zero-order valence-electron chi connectivity index (χ0n) is 11.5. The molecule has 0 aromatic carbocycles. The molecule has 0 saturated carbocycles. The van der Waals surface area contributed by atoms with Gasteiger partial charge in [0.2, 0.25) is 0 Å². The molecule has 3 nitrogen and oxygen atoms in total. The van der Waals surface area contributed by atoms with Gasteiger partial charge in [-0.15, -0.1) is 0 Å². The fourth-order valence-corrected chi connectivity index (χ4v) is 1.40. The lowest BCUT2D eigenvalue weighted by atomic mass is 9.89. The maximum atomic E-state index is 11.8. The Morgan fingerprint density at radius 2 is 1.81 bits per heavy atom. The molecular weight excluding hydrogens is 202 g/mol. The van der Waals surface area contributed by atoms with Crippen molar-refractivity contribution in [1.82, 2.24) is 4.90 Å². The van der Waals surface area contributed by atoms with Gasteiger partial charge in [0, 0.05) is 31.5 Å². The summed E-state index contributed by atoms with van der Waals surface area (Å²) in [5.74, 6) is 0.336. The first-order valence-corrected chi connectivity index (χ1v) is 6.25. The number of ketones is 1. The van der Waals surface area contributed by atoms with Crippen molar-refractivity contribution in [3.63, 3.8) is 0 Å². The summed E-state index contributed by atoms with van der Waals surface area (Å²) in [5, 5.41) is 0. The van der Waals surface area contributed by atoms with Crippen molar-refractivity contribution in [2.75, 3.05) is 32.8 Å². The van der Waals surface area contributed by atoms with Gasteiger partial charge in [0.25, 0.3) is 0 Å². The molecule has 0 spiro atoms. The average Bonchev–Trinajstić information content (AvgIpc) is 2.21.